The Labute approximate surface area is 142 Å². The molecule has 8 heteroatoms. The van der Waals surface area contributed by atoms with E-state index in [2.05, 4.69) is 25.7 Å². The Hall–Kier alpha value is -3.68. The second-order valence-electron chi connectivity index (χ2n) is 5.28. The summed E-state index contributed by atoms with van der Waals surface area (Å²) in [5.74, 6) is -0.0645. The Balaban J connectivity index is 1.92. The molecule has 0 aliphatic carbocycles. The fraction of sp³-hybridized carbons (Fsp3) is 0.0588. The maximum absolute atomic E-state index is 12.0. The maximum Gasteiger partial charge on any atom is 0.292 e. The van der Waals surface area contributed by atoms with Crippen molar-refractivity contribution in [3.8, 4) is 17.0 Å². The van der Waals surface area contributed by atoms with Gasteiger partial charge in [-0.3, -0.25) is 19.8 Å². The monoisotopic (exact) mass is 337 g/mol. The van der Waals surface area contributed by atoms with Gasteiger partial charge < -0.3 is 10.4 Å². The van der Waals surface area contributed by atoms with Crippen LogP contribution in [0.5, 0.6) is 5.75 Å². The third kappa shape index (κ3) is 3.81. The average Bonchev–Trinajstić information content (AvgIpc) is 2.94. The van der Waals surface area contributed by atoms with Crippen molar-refractivity contribution in [2.75, 3.05) is 5.32 Å². The molecule has 0 unspecified atom stereocenters. The van der Waals surface area contributed by atoms with E-state index in [0.29, 0.717) is 22.6 Å². The van der Waals surface area contributed by atoms with Gasteiger partial charge in [-0.1, -0.05) is 6.07 Å². The number of carbonyl (C=O) groups excluding carboxylic acids is 1. The number of anilines is 1. The van der Waals surface area contributed by atoms with Crippen LogP contribution in [0, 0.1) is 0 Å². The summed E-state index contributed by atoms with van der Waals surface area (Å²) >= 11 is 0. The van der Waals surface area contributed by atoms with Crippen LogP contribution in [0.4, 0.5) is 17.1 Å². The Morgan fingerprint density at radius 1 is 1.08 bits per heavy atom. The van der Waals surface area contributed by atoms with Gasteiger partial charge in [-0.05, 0) is 42.5 Å². The number of aromatic hydroxyl groups is 1. The van der Waals surface area contributed by atoms with Crippen LogP contribution >= 0.6 is 0 Å². The van der Waals surface area contributed by atoms with Crippen molar-refractivity contribution in [2.45, 2.75) is 6.92 Å². The van der Waals surface area contributed by atoms with Crippen molar-refractivity contribution < 1.29 is 9.90 Å². The zero-order chi connectivity index (χ0) is 17.8. The highest BCUT2D eigenvalue weighted by Gasteiger charge is 2.11. The predicted molar refractivity (Wildman–Crippen MR) is 93.4 cm³/mol. The molecular weight excluding hydrogens is 322 g/mol. The van der Waals surface area contributed by atoms with E-state index in [0.717, 1.165) is 0 Å². The number of phenolic OH excluding ortho intramolecular Hbond substituents is 1. The number of aromatic nitrogens is 2. The largest absolute Gasteiger partial charge is 0.508 e. The quantitative estimate of drug-likeness (QED) is 0.545. The van der Waals surface area contributed by atoms with E-state index in [1.807, 2.05) is 0 Å². The second kappa shape index (κ2) is 6.83. The number of carbonyl (C=O) groups is 1. The number of benzene rings is 2. The lowest BCUT2D eigenvalue weighted by Crippen LogP contribution is -2.05. The number of nitrogens with zero attached hydrogens (tertiary/aromatic N) is 2. The zero-order valence-electron chi connectivity index (χ0n) is 13.3. The molecule has 1 aromatic heterocycles. The third-order valence-corrected chi connectivity index (χ3v) is 3.34. The lowest BCUT2D eigenvalue weighted by molar-refractivity contribution is -0.114. The van der Waals surface area contributed by atoms with E-state index in [4.69, 9.17) is 0 Å². The number of hydrogen-bond acceptors (Lipinski definition) is 5. The molecule has 0 saturated heterocycles. The molecule has 0 aliphatic rings. The minimum Gasteiger partial charge on any atom is -0.508 e. The fourth-order valence-corrected chi connectivity index (χ4v) is 2.24. The molecule has 0 saturated carbocycles. The van der Waals surface area contributed by atoms with Crippen LogP contribution in [0.15, 0.2) is 63.6 Å². The van der Waals surface area contributed by atoms with Crippen LogP contribution in [-0.2, 0) is 4.79 Å². The molecule has 2 aromatic carbocycles. The summed E-state index contributed by atoms with van der Waals surface area (Å²) in [4.78, 5) is 23.1. The van der Waals surface area contributed by atoms with Crippen molar-refractivity contribution >= 4 is 23.0 Å². The Bertz CT molecular complexity index is 986. The van der Waals surface area contributed by atoms with Gasteiger partial charge in [0.05, 0.1) is 11.4 Å². The predicted octanol–water partition coefficient (Wildman–Crippen LogP) is 3.45. The highest BCUT2D eigenvalue weighted by Crippen LogP contribution is 2.28. The molecule has 1 amide bonds. The number of amides is 1. The van der Waals surface area contributed by atoms with Gasteiger partial charge >= 0.3 is 0 Å². The topological polar surface area (TPSA) is 123 Å². The number of hydrogen-bond donors (Lipinski definition) is 4. The molecule has 0 radical (unpaired) electrons. The molecule has 25 heavy (non-hydrogen) atoms. The first-order valence-electron chi connectivity index (χ1n) is 7.42. The average molecular weight is 337 g/mol. The molecule has 0 fully saturated rings. The van der Waals surface area contributed by atoms with Gasteiger partial charge in [0.2, 0.25) is 5.91 Å². The van der Waals surface area contributed by atoms with E-state index in [-0.39, 0.29) is 17.3 Å². The fourth-order valence-electron chi connectivity index (χ4n) is 2.24. The minimum atomic E-state index is -0.412. The van der Waals surface area contributed by atoms with Crippen LogP contribution in [0.2, 0.25) is 0 Å². The van der Waals surface area contributed by atoms with Gasteiger partial charge in [-0.25, -0.2) is 0 Å². The van der Waals surface area contributed by atoms with Gasteiger partial charge in [0.1, 0.15) is 5.75 Å². The summed E-state index contributed by atoms with van der Waals surface area (Å²) in [5.41, 5.74) is 1.93. The van der Waals surface area contributed by atoms with Crippen LogP contribution < -0.4 is 10.9 Å². The Morgan fingerprint density at radius 3 is 2.56 bits per heavy atom. The van der Waals surface area contributed by atoms with Crippen molar-refractivity contribution in [1.29, 1.82) is 0 Å². The molecule has 126 valence electrons. The number of nitrogens with one attached hydrogen (secondary N) is 3. The van der Waals surface area contributed by atoms with Gasteiger partial charge in [0.15, 0.2) is 5.69 Å². The standard InChI is InChI=1S/C17H15N5O3/c1-10(23)18-12-3-2-4-13(9-12)19-21-16-15(20-22-17(16)25)11-5-7-14(24)8-6-11/h2-9,24H,1H3,(H,18,23)(H2,20,22,25). The van der Waals surface area contributed by atoms with Gasteiger partial charge in [0.25, 0.3) is 5.56 Å². The van der Waals surface area contributed by atoms with Crippen molar-refractivity contribution in [2.24, 2.45) is 10.2 Å². The molecule has 0 bridgehead atoms. The second-order valence-corrected chi connectivity index (χ2v) is 5.28. The molecule has 3 rings (SSSR count). The van der Waals surface area contributed by atoms with Crippen LogP contribution in [0.3, 0.4) is 0 Å². The smallest absolute Gasteiger partial charge is 0.292 e. The summed E-state index contributed by atoms with van der Waals surface area (Å²) < 4.78 is 0. The first kappa shape index (κ1) is 16.2. The van der Waals surface area contributed by atoms with Crippen molar-refractivity contribution in [3.05, 3.63) is 58.9 Å². The molecule has 1 heterocycles. The summed E-state index contributed by atoms with van der Waals surface area (Å²) in [6.07, 6.45) is 0. The van der Waals surface area contributed by atoms with Gasteiger partial charge in [0, 0.05) is 18.2 Å². The van der Waals surface area contributed by atoms with E-state index >= 15 is 0 Å². The Kier molecular flexibility index (Phi) is 4.42. The number of azo groups is 1. The van der Waals surface area contributed by atoms with E-state index < -0.39 is 5.56 Å². The highest BCUT2D eigenvalue weighted by atomic mass is 16.3. The highest BCUT2D eigenvalue weighted by molar-refractivity contribution is 5.89. The lowest BCUT2D eigenvalue weighted by atomic mass is 10.1. The zero-order valence-corrected chi connectivity index (χ0v) is 13.3. The molecule has 0 atom stereocenters. The van der Waals surface area contributed by atoms with Gasteiger partial charge in [-0.15, -0.1) is 5.11 Å². The van der Waals surface area contributed by atoms with Gasteiger partial charge in [-0.2, -0.15) is 5.11 Å². The normalized spacial score (nSPS) is 10.9. The van der Waals surface area contributed by atoms with E-state index in [1.54, 1.807) is 36.4 Å². The molecule has 0 aliphatic heterocycles. The molecule has 4 N–H and O–H groups in total. The lowest BCUT2D eigenvalue weighted by Gasteiger charge is -2.02. The summed E-state index contributed by atoms with van der Waals surface area (Å²) in [5, 5.41) is 25.3. The van der Waals surface area contributed by atoms with E-state index in [1.165, 1.54) is 19.1 Å². The number of H-pyrrole nitrogens is 2. The number of rotatable bonds is 4. The first-order chi connectivity index (χ1) is 12.0. The van der Waals surface area contributed by atoms with Crippen molar-refractivity contribution in [3.63, 3.8) is 0 Å². The van der Waals surface area contributed by atoms with E-state index in [9.17, 15) is 14.7 Å². The first-order valence-corrected chi connectivity index (χ1v) is 7.42. The number of aromatic amines is 2. The molecule has 0 spiro atoms. The third-order valence-electron chi connectivity index (χ3n) is 3.34. The SMILES string of the molecule is CC(=O)Nc1cccc(N=Nc2c(-c3ccc(O)cc3)[nH][nH]c2=O)c1. The summed E-state index contributed by atoms with van der Waals surface area (Å²) in [6.45, 7) is 1.41. The van der Waals surface area contributed by atoms with Crippen LogP contribution in [-0.4, -0.2) is 21.2 Å². The summed E-state index contributed by atoms with van der Waals surface area (Å²) in [6, 6.07) is 13.1. The molecule has 3 aromatic rings. The van der Waals surface area contributed by atoms with Crippen LogP contribution in [0.25, 0.3) is 11.3 Å². The minimum absolute atomic E-state index is 0.121. The molecule has 8 nitrogen and oxygen atoms in total. The maximum atomic E-state index is 12.0. The molecular formula is C17H15N5O3. The van der Waals surface area contributed by atoms with Crippen LogP contribution in [0.1, 0.15) is 6.92 Å². The van der Waals surface area contributed by atoms with Crippen molar-refractivity contribution in [1.82, 2.24) is 10.2 Å². The Morgan fingerprint density at radius 2 is 1.84 bits per heavy atom. The summed E-state index contributed by atoms with van der Waals surface area (Å²) in [7, 11) is 0. The number of phenols is 1.